The molecular weight excluding hydrogens is 292 g/mol. The maximum atomic E-state index is 12.5. The van der Waals surface area contributed by atoms with Crippen LogP contribution in [0.25, 0.3) is 0 Å². The zero-order valence-corrected chi connectivity index (χ0v) is 14.4. The zero-order chi connectivity index (χ0) is 17.3. The predicted molar refractivity (Wildman–Crippen MR) is 88.7 cm³/mol. The van der Waals surface area contributed by atoms with Crippen molar-refractivity contribution in [2.75, 3.05) is 13.7 Å². The smallest absolute Gasteiger partial charge is 0.314 e. The highest BCUT2D eigenvalue weighted by Crippen LogP contribution is 2.61. The highest BCUT2D eigenvalue weighted by atomic mass is 16.5. The first kappa shape index (κ1) is 17.9. The summed E-state index contributed by atoms with van der Waals surface area (Å²) in [5.41, 5.74) is 0.0983. The lowest BCUT2D eigenvalue weighted by molar-refractivity contribution is -0.174. The Labute approximate surface area is 138 Å². The number of methoxy groups -OCH3 is 1. The average Bonchev–Trinajstić information content (AvgIpc) is 2.51. The quantitative estimate of drug-likeness (QED) is 0.491. The first-order valence-electron chi connectivity index (χ1n) is 8.37. The van der Waals surface area contributed by atoms with Crippen LogP contribution in [-0.4, -0.2) is 30.6 Å². The van der Waals surface area contributed by atoms with Crippen LogP contribution in [0, 0.1) is 22.7 Å². The van der Waals surface area contributed by atoms with Crippen molar-refractivity contribution in [2.24, 2.45) is 22.7 Å². The maximum Gasteiger partial charge on any atom is 0.314 e. The average molecular weight is 320 g/mol. The van der Waals surface area contributed by atoms with E-state index in [1.807, 2.05) is 6.08 Å². The third kappa shape index (κ3) is 2.89. The number of esters is 1. The molecule has 1 N–H and O–H groups in total. The predicted octanol–water partition coefficient (Wildman–Crippen LogP) is 3.06. The first-order chi connectivity index (χ1) is 10.8. The van der Waals surface area contributed by atoms with E-state index in [2.05, 4.69) is 13.5 Å². The van der Waals surface area contributed by atoms with E-state index in [1.165, 1.54) is 14.0 Å². The number of carbonyl (C=O) groups is 2. The number of hydrogen-bond donors (Lipinski definition) is 1. The molecule has 2 fully saturated rings. The molecule has 4 atom stereocenters. The van der Waals surface area contributed by atoms with Crippen molar-refractivity contribution in [1.82, 2.24) is 0 Å². The van der Waals surface area contributed by atoms with Crippen LogP contribution in [0.1, 0.15) is 46.0 Å². The van der Waals surface area contributed by atoms with Crippen LogP contribution in [0.15, 0.2) is 24.3 Å². The van der Waals surface area contributed by atoms with Gasteiger partial charge in [0.15, 0.2) is 5.78 Å². The molecule has 0 radical (unpaired) electrons. The van der Waals surface area contributed by atoms with Crippen molar-refractivity contribution in [3.8, 4) is 0 Å². The van der Waals surface area contributed by atoms with E-state index in [0.29, 0.717) is 6.42 Å². The number of fused-ring (bicyclic) bond motifs is 1. The minimum atomic E-state index is -0.829. The second-order valence-corrected chi connectivity index (χ2v) is 7.36. The Bertz CT molecular complexity index is 535. The van der Waals surface area contributed by atoms with Crippen LogP contribution in [0.4, 0.5) is 0 Å². The highest BCUT2D eigenvalue weighted by molar-refractivity contribution is 5.87. The van der Waals surface area contributed by atoms with Crippen molar-refractivity contribution in [3.05, 3.63) is 24.3 Å². The summed E-state index contributed by atoms with van der Waals surface area (Å²) in [5.74, 6) is -0.201. The third-order valence-electron chi connectivity index (χ3n) is 6.10. The largest absolute Gasteiger partial charge is 0.469 e. The van der Waals surface area contributed by atoms with Gasteiger partial charge in [0, 0.05) is 5.92 Å². The summed E-state index contributed by atoms with van der Waals surface area (Å²) >= 11 is 0. The van der Waals surface area contributed by atoms with Gasteiger partial charge < -0.3 is 9.84 Å². The Kier molecular flexibility index (Phi) is 5.14. The molecule has 4 heteroatoms. The number of aliphatic hydroxyl groups excluding tert-OH is 1. The fourth-order valence-corrected chi connectivity index (χ4v) is 4.98. The lowest BCUT2D eigenvalue weighted by Gasteiger charge is -2.57. The van der Waals surface area contributed by atoms with Gasteiger partial charge in [-0.05, 0) is 50.0 Å². The molecule has 0 aromatic rings. The maximum absolute atomic E-state index is 12.5. The molecular formula is C19H28O4. The summed E-state index contributed by atoms with van der Waals surface area (Å²) < 4.78 is 5.04. The minimum absolute atomic E-state index is 0.0146. The summed E-state index contributed by atoms with van der Waals surface area (Å²) in [7, 11) is 1.39. The number of aliphatic hydroxyl groups is 1. The second-order valence-electron chi connectivity index (χ2n) is 7.36. The molecule has 2 rings (SSSR count). The number of ketones is 1. The molecule has 128 valence electrons. The van der Waals surface area contributed by atoms with Gasteiger partial charge in [0.25, 0.3) is 0 Å². The summed E-state index contributed by atoms with van der Waals surface area (Å²) in [6, 6.07) is 0. The standard InChI is InChI=1S/C19H28O4/c1-13-6-9-16-18(3,15(13)8-7-14(2)21)10-5-11-19(16,12-20)17(22)23-4/h7-8,15-16,20H,1,5-6,9-12H2,2-4H3. The van der Waals surface area contributed by atoms with Crippen LogP contribution in [-0.2, 0) is 14.3 Å². The third-order valence-corrected chi connectivity index (χ3v) is 6.10. The molecule has 0 saturated heterocycles. The summed E-state index contributed by atoms with van der Waals surface area (Å²) in [6.45, 7) is 7.73. The van der Waals surface area contributed by atoms with Crippen molar-refractivity contribution in [3.63, 3.8) is 0 Å². The van der Waals surface area contributed by atoms with E-state index < -0.39 is 5.41 Å². The van der Waals surface area contributed by atoms with Crippen LogP contribution < -0.4 is 0 Å². The molecule has 4 unspecified atom stereocenters. The number of rotatable bonds is 4. The Morgan fingerprint density at radius 2 is 2.13 bits per heavy atom. The minimum Gasteiger partial charge on any atom is -0.469 e. The normalized spacial score (nSPS) is 37.5. The van der Waals surface area contributed by atoms with E-state index in [1.54, 1.807) is 6.08 Å². The molecule has 2 aliphatic rings. The topological polar surface area (TPSA) is 63.6 Å². The molecule has 0 aromatic carbocycles. The van der Waals surface area contributed by atoms with Crippen LogP contribution in [0.5, 0.6) is 0 Å². The van der Waals surface area contributed by atoms with Crippen molar-refractivity contribution < 1.29 is 19.4 Å². The molecule has 0 aromatic heterocycles. The number of ether oxygens (including phenoxy) is 1. The van der Waals surface area contributed by atoms with E-state index in [-0.39, 0.29) is 35.6 Å². The van der Waals surface area contributed by atoms with Gasteiger partial charge in [0.05, 0.1) is 19.1 Å². The van der Waals surface area contributed by atoms with Crippen LogP contribution in [0.3, 0.4) is 0 Å². The van der Waals surface area contributed by atoms with Gasteiger partial charge in [-0.1, -0.05) is 31.6 Å². The number of allylic oxidation sites excluding steroid dienone is 3. The van der Waals surface area contributed by atoms with E-state index in [0.717, 1.165) is 31.3 Å². The highest BCUT2D eigenvalue weighted by Gasteiger charge is 2.59. The lowest BCUT2D eigenvalue weighted by atomic mass is 9.47. The van der Waals surface area contributed by atoms with Gasteiger partial charge in [0.2, 0.25) is 0 Å². The molecule has 23 heavy (non-hydrogen) atoms. The van der Waals surface area contributed by atoms with E-state index in [4.69, 9.17) is 4.74 Å². The van der Waals surface area contributed by atoms with Crippen molar-refractivity contribution in [2.45, 2.75) is 46.0 Å². The SMILES string of the molecule is C=C1CCC2C(CO)(C(=O)OC)CCCC2(C)C1C=CC(C)=O. The Morgan fingerprint density at radius 3 is 2.70 bits per heavy atom. The van der Waals surface area contributed by atoms with Crippen molar-refractivity contribution >= 4 is 11.8 Å². The Hall–Kier alpha value is -1.42. The van der Waals surface area contributed by atoms with Gasteiger partial charge in [-0.3, -0.25) is 9.59 Å². The van der Waals surface area contributed by atoms with Gasteiger partial charge >= 0.3 is 5.97 Å². The summed E-state index contributed by atoms with van der Waals surface area (Å²) in [4.78, 5) is 23.9. The zero-order valence-electron chi connectivity index (χ0n) is 14.4. The first-order valence-corrected chi connectivity index (χ1v) is 8.37. The van der Waals surface area contributed by atoms with Crippen molar-refractivity contribution in [1.29, 1.82) is 0 Å². The molecule has 2 aliphatic carbocycles. The fraction of sp³-hybridized carbons (Fsp3) is 0.684. The molecule has 4 nitrogen and oxygen atoms in total. The van der Waals surface area contributed by atoms with E-state index >= 15 is 0 Å². The van der Waals surface area contributed by atoms with E-state index in [9.17, 15) is 14.7 Å². The molecule has 0 bridgehead atoms. The molecule has 0 spiro atoms. The fourth-order valence-electron chi connectivity index (χ4n) is 4.98. The lowest BCUT2D eigenvalue weighted by Crippen LogP contribution is -2.56. The monoisotopic (exact) mass is 320 g/mol. The molecule has 2 saturated carbocycles. The van der Waals surface area contributed by atoms with Crippen LogP contribution in [0.2, 0.25) is 0 Å². The van der Waals surface area contributed by atoms with Gasteiger partial charge in [-0.2, -0.15) is 0 Å². The Morgan fingerprint density at radius 1 is 1.43 bits per heavy atom. The summed E-state index contributed by atoms with van der Waals surface area (Å²) in [5, 5.41) is 10.1. The number of hydrogen-bond acceptors (Lipinski definition) is 4. The summed E-state index contributed by atoms with van der Waals surface area (Å²) in [6.07, 6.45) is 7.68. The molecule has 0 aliphatic heterocycles. The Balaban J connectivity index is 2.46. The number of carbonyl (C=O) groups excluding carboxylic acids is 2. The molecule has 0 heterocycles. The van der Waals surface area contributed by atoms with Crippen LogP contribution >= 0.6 is 0 Å². The van der Waals surface area contributed by atoms with Gasteiger partial charge in [0.1, 0.15) is 0 Å². The second kappa shape index (κ2) is 6.60. The molecule has 0 amide bonds. The van der Waals surface area contributed by atoms with Gasteiger partial charge in [-0.15, -0.1) is 0 Å². The van der Waals surface area contributed by atoms with Gasteiger partial charge in [-0.25, -0.2) is 0 Å².